The van der Waals surface area contributed by atoms with Crippen LogP contribution in [-0.2, 0) is 16.1 Å². The minimum absolute atomic E-state index is 0.0108. The van der Waals surface area contributed by atoms with Gasteiger partial charge in [-0.3, -0.25) is 9.48 Å². The third kappa shape index (κ3) is 2.82. The Morgan fingerprint density at radius 1 is 1.75 bits per heavy atom. The number of carbonyl (C=O) groups is 1. The van der Waals surface area contributed by atoms with Crippen molar-refractivity contribution in [2.24, 2.45) is 0 Å². The van der Waals surface area contributed by atoms with Crippen molar-refractivity contribution >= 4 is 11.6 Å². The minimum atomic E-state index is 0.0108. The third-order valence-corrected chi connectivity index (χ3v) is 2.65. The zero-order valence-electron chi connectivity index (χ0n) is 9.48. The van der Waals surface area contributed by atoms with Crippen molar-refractivity contribution in [2.45, 2.75) is 38.8 Å². The number of hydrogen-bond acceptors (Lipinski definition) is 3. The highest BCUT2D eigenvalue weighted by Gasteiger charge is 2.16. The summed E-state index contributed by atoms with van der Waals surface area (Å²) in [6, 6.07) is 0. The van der Waals surface area contributed by atoms with Crippen LogP contribution in [0.25, 0.3) is 0 Å². The summed E-state index contributed by atoms with van der Waals surface area (Å²) in [6.07, 6.45) is 6.49. The van der Waals surface area contributed by atoms with Gasteiger partial charge >= 0.3 is 0 Å². The standard InChI is InChI=1S/C11H17N3O2/c1-2-11(15)13-9-6-12-14(7-9)8-10-4-3-5-16-10/h6-7,10H,2-5,8H2,1H3,(H,13,15). The van der Waals surface area contributed by atoms with E-state index in [0.717, 1.165) is 31.7 Å². The van der Waals surface area contributed by atoms with E-state index in [0.29, 0.717) is 6.42 Å². The fourth-order valence-corrected chi connectivity index (χ4v) is 1.77. The molecule has 0 saturated carbocycles. The summed E-state index contributed by atoms with van der Waals surface area (Å²) >= 11 is 0. The second-order valence-electron chi connectivity index (χ2n) is 3.99. The lowest BCUT2D eigenvalue weighted by molar-refractivity contribution is -0.115. The van der Waals surface area contributed by atoms with Gasteiger partial charge in [0.1, 0.15) is 0 Å². The molecule has 2 heterocycles. The molecule has 2 rings (SSSR count). The summed E-state index contributed by atoms with van der Waals surface area (Å²) in [4.78, 5) is 11.2. The van der Waals surface area contributed by atoms with Crippen LogP contribution in [0.4, 0.5) is 5.69 Å². The summed E-state index contributed by atoms with van der Waals surface area (Å²) in [6.45, 7) is 3.44. The van der Waals surface area contributed by atoms with Gasteiger partial charge in [-0.1, -0.05) is 6.92 Å². The number of nitrogens with one attached hydrogen (secondary N) is 1. The summed E-state index contributed by atoms with van der Waals surface area (Å²) < 4.78 is 7.34. The van der Waals surface area contributed by atoms with Crippen LogP contribution in [0.3, 0.4) is 0 Å². The maximum atomic E-state index is 11.2. The van der Waals surface area contributed by atoms with Gasteiger partial charge in [-0.05, 0) is 12.8 Å². The van der Waals surface area contributed by atoms with E-state index < -0.39 is 0 Å². The summed E-state index contributed by atoms with van der Waals surface area (Å²) in [5.41, 5.74) is 0.754. The molecule has 0 bridgehead atoms. The fraction of sp³-hybridized carbons (Fsp3) is 0.636. The van der Waals surface area contributed by atoms with Gasteiger partial charge in [0.05, 0.1) is 24.5 Å². The van der Waals surface area contributed by atoms with Crippen LogP contribution in [-0.4, -0.2) is 28.4 Å². The lowest BCUT2D eigenvalue weighted by atomic mass is 10.2. The van der Waals surface area contributed by atoms with Crippen LogP contribution in [0.1, 0.15) is 26.2 Å². The molecule has 88 valence electrons. The van der Waals surface area contributed by atoms with Gasteiger partial charge in [0.15, 0.2) is 0 Å². The molecule has 16 heavy (non-hydrogen) atoms. The van der Waals surface area contributed by atoms with Crippen LogP contribution >= 0.6 is 0 Å². The highest BCUT2D eigenvalue weighted by atomic mass is 16.5. The van der Waals surface area contributed by atoms with Crippen LogP contribution in [0.5, 0.6) is 0 Å². The number of amides is 1. The van der Waals surface area contributed by atoms with E-state index in [9.17, 15) is 4.79 Å². The molecule has 5 nitrogen and oxygen atoms in total. The molecule has 1 saturated heterocycles. The number of carbonyl (C=O) groups excluding carboxylic acids is 1. The average Bonchev–Trinajstić information content (AvgIpc) is 2.91. The maximum absolute atomic E-state index is 11.2. The maximum Gasteiger partial charge on any atom is 0.224 e. The van der Waals surface area contributed by atoms with Crippen LogP contribution < -0.4 is 5.32 Å². The van der Waals surface area contributed by atoms with Crippen molar-refractivity contribution in [2.75, 3.05) is 11.9 Å². The molecule has 1 N–H and O–H groups in total. The summed E-state index contributed by atoms with van der Waals surface area (Å²) in [7, 11) is 0. The monoisotopic (exact) mass is 223 g/mol. The molecule has 1 aromatic rings. The van der Waals surface area contributed by atoms with Gasteiger partial charge < -0.3 is 10.1 Å². The third-order valence-electron chi connectivity index (χ3n) is 2.65. The van der Waals surface area contributed by atoms with Gasteiger partial charge in [0, 0.05) is 19.2 Å². The number of hydrogen-bond donors (Lipinski definition) is 1. The quantitative estimate of drug-likeness (QED) is 0.839. The Morgan fingerprint density at radius 3 is 3.31 bits per heavy atom. The first-order valence-corrected chi connectivity index (χ1v) is 5.72. The van der Waals surface area contributed by atoms with Gasteiger partial charge in [-0.25, -0.2) is 0 Å². The Hall–Kier alpha value is -1.36. The smallest absolute Gasteiger partial charge is 0.224 e. The topological polar surface area (TPSA) is 56.2 Å². The predicted octanol–water partition coefficient (Wildman–Crippen LogP) is 1.41. The molecule has 0 radical (unpaired) electrons. The molecule has 0 aromatic carbocycles. The predicted molar refractivity (Wildman–Crippen MR) is 60.1 cm³/mol. The van der Waals surface area contributed by atoms with Gasteiger partial charge in [-0.15, -0.1) is 0 Å². The van der Waals surface area contributed by atoms with E-state index in [1.54, 1.807) is 6.20 Å². The molecule has 1 aromatic heterocycles. The average molecular weight is 223 g/mol. The highest BCUT2D eigenvalue weighted by Crippen LogP contribution is 2.14. The Morgan fingerprint density at radius 2 is 2.62 bits per heavy atom. The van der Waals surface area contributed by atoms with Crippen molar-refractivity contribution in [3.63, 3.8) is 0 Å². The molecule has 0 spiro atoms. The zero-order chi connectivity index (χ0) is 11.4. The second kappa shape index (κ2) is 5.12. The first kappa shape index (κ1) is 11.1. The molecular formula is C11H17N3O2. The molecule has 1 unspecified atom stereocenters. The number of ether oxygens (including phenoxy) is 1. The largest absolute Gasteiger partial charge is 0.376 e. The Bertz CT molecular complexity index is 356. The van der Waals surface area contributed by atoms with Gasteiger partial charge in [0.2, 0.25) is 5.91 Å². The molecular weight excluding hydrogens is 206 g/mol. The van der Waals surface area contributed by atoms with Crippen molar-refractivity contribution in [3.05, 3.63) is 12.4 Å². The van der Waals surface area contributed by atoms with Gasteiger partial charge in [-0.2, -0.15) is 5.10 Å². The molecule has 0 aliphatic carbocycles. The summed E-state index contributed by atoms with van der Waals surface area (Å²) in [5.74, 6) is 0.0108. The minimum Gasteiger partial charge on any atom is -0.376 e. The van der Waals surface area contributed by atoms with E-state index in [2.05, 4.69) is 10.4 Å². The van der Waals surface area contributed by atoms with E-state index in [-0.39, 0.29) is 12.0 Å². The van der Waals surface area contributed by atoms with Crippen LogP contribution in [0.2, 0.25) is 0 Å². The van der Waals surface area contributed by atoms with Gasteiger partial charge in [0.25, 0.3) is 0 Å². The highest BCUT2D eigenvalue weighted by molar-refractivity contribution is 5.90. The first-order valence-electron chi connectivity index (χ1n) is 5.72. The van der Waals surface area contributed by atoms with Crippen molar-refractivity contribution in [1.82, 2.24) is 9.78 Å². The lowest BCUT2D eigenvalue weighted by Crippen LogP contribution is -2.15. The molecule has 5 heteroatoms. The Kier molecular flexibility index (Phi) is 3.56. The van der Waals surface area contributed by atoms with Crippen molar-refractivity contribution in [3.8, 4) is 0 Å². The Balaban J connectivity index is 1.88. The van der Waals surface area contributed by atoms with E-state index >= 15 is 0 Å². The molecule has 1 amide bonds. The number of nitrogens with zero attached hydrogens (tertiary/aromatic N) is 2. The van der Waals surface area contributed by atoms with Crippen molar-refractivity contribution in [1.29, 1.82) is 0 Å². The van der Waals surface area contributed by atoms with Crippen molar-refractivity contribution < 1.29 is 9.53 Å². The van der Waals surface area contributed by atoms with Crippen LogP contribution in [0.15, 0.2) is 12.4 Å². The molecule has 1 aliphatic heterocycles. The normalized spacial score (nSPS) is 19.9. The fourth-order valence-electron chi connectivity index (χ4n) is 1.77. The number of anilines is 1. The van der Waals surface area contributed by atoms with E-state index in [1.807, 2.05) is 17.8 Å². The number of aromatic nitrogens is 2. The molecule has 1 atom stereocenters. The SMILES string of the molecule is CCC(=O)Nc1cnn(CC2CCCO2)c1. The number of rotatable bonds is 4. The Labute approximate surface area is 94.8 Å². The first-order chi connectivity index (χ1) is 7.78. The molecule has 1 fully saturated rings. The zero-order valence-corrected chi connectivity index (χ0v) is 9.48. The summed E-state index contributed by atoms with van der Waals surface area (Å²) in [5, 5.41) is 6.96. The van der Waals surface area contributed by atoms with E-state index in [1.165, 1.54) is 0 Å². The lowest BCUT2D eigenvalue weighted by Gasteiger charge is -2.08. The van der Waals surface area contributed by atoms with Crippen LogP contribution in [0, 0.1) is 0 Å². The molecule has 1 aliphatic rings. The second-order valence-corrected chi connectivity index (χ2v) is 3.99. The van der Waals surface area contributed by atoms with E-state index in [4.69, 9.17) is 4.74 Å².